The minimum Gasteiger partial charge on any atom is -0.477 e. The molecular weight excluding hydrogens is 223 g/mol. The average Bonchev–Trinajstić information content (AvgIpc) is 2.36. The van der Waals surface area contributed by atoms with Gasteiger partial charge in [0, 0.05) is 7.11 Å². The Kier molecular flexibility index (Phi) is 5.04. The maximum absolute atomic E-state index is 11.9. The van der Waals surface area contributed by atoms with Crippen molar-refractivity contribution in [1.82, 2.24) is 0 Å². The van der Waals surface area contributed by atoms with Gasteiger partial charge >= 0.3 is 0 Å². The van der Waals surface area contributed by atoms with Crippen molar-refractivity contribution >= 4 is 8.03 Å². The maximum atomic E-state index is 11.9. The Hall–Kier alpha value is -0.790. The first-order valence-electron chi connectivity index (χ1n) is 5.51. The summed E-state index contributed by atoms with van der Waals surface area (Å²) in [5, 5.41) is -0.680. The zero-order chi connectivity index (χ0) is 12.0. The zero-order valence-corrected chi connectivity index (χ0v) is 11.0. The van der Waals surface area contributed by atoms with Crippen molar-refractivity contribution in [2.45, 2.75) is 32.0 Å². The first-order chi connectivity index (χ1) is 7.68. The highest BCUT2D eigenvalue weighted by molar-refractivity contribution is 7.40. The molecule has 1 aromatic carbocycles. The molecule has 0 aliphatic rings. The molecule has 0 heterocycles. The van der Waals surface area contributed by atoms with Gasteiger partial charge in [0.15, 0.2) is 5.34 Å². The van der Waals surface area contributed by atoms with Crippen LogP contribution >= 0.6 is 8.03 Å². The summed E-state index contributed by atoms with van der Waals surface area (Å²) >= 11 is 0. The van der Waals surface area contributed by atoms with Crippen LogP contribution in [0.5, 0.6) is 5.75 Å². The normalized spacial score (nSPS) is 13.4. The summed E-state index contributed by atoms with van der Waals surface area (Å²) in [6.45, 7) is 3.93. The Morgan fingerprint density at radius 3 is 2.19 bits per heavy atom. The van der Waals surface area contributed by atoms with E-state index in [4.69, 9.17) is 9.26 Å². The molecular formula is C12H19O3P. The lowest BCUT2D eigenvalue weighted by atomic mass is 10.2. The highest BCUT2D eigenvalue weighted by Gasteiger charge is 2.35. The monoisotopic (exact) mass is 242 g/mol. The van der Waals surface area contributed by atoms with Crippen LogP contribution in [0.2, 0.25) is 0 Å². The van der Waals surface area contributed by atoms with Gasteiger partial charge in [-0.2, -0.15) is 0 Å². The van der Waals surface area contributed by atoms with Gasteiger partial charge in [-0.1, -0.05) is 32.0 Å². The van der Waals surface area contributed by atoms with E-state index in [9.17, 15) is 4.57 Å². The van der Waals surface area contributed by atoms with Crippen molar-refractivity contribution < 1.29 is 13.8 Å². The lowest BCUT2D eigenvalue weighted by Gasteiger charge is -2.31. The summed E-state index contributed by atoms with van der Waals surface area (Å²) in [5.74, 6) is 0.738. The fourth-order valence-electron chi connectivity index (χ4n) is 1.62. The van der Waals surface area contributed by atoms with Crippen LogP contribution < -0.4 is 4.74 Å². The topological polar surface area (TPSA) is 35.5 Å². The third-order valence-electron chi connectivity index (χ3n) is 2.76. The van der Waals surface area contributed by atoms with Crippen molar-refractivity contribution in [3.05, 3.63) is 30.3 Å². The molecule has 0 bridgehead atoms. The smallest absolute Gasteiger partial charge is 0.233 e. The lowest BCUT2D eigenvalue weighted by Crippen LogP contribution is -2.30. The Morgan fingerprint density at radius 1 is 1.19 bits per heavy atom. The van der Waals surface area contributed by atoms with Crippen molar-refractivity contribution in [2.24, 2.45) is 0 Å². The molecule has 3 nitrogen and oxygen atoms in total. The van der Waals surface area contributed by atoms with Gasteiger partial charge in [0.2, 0.25) is 8.03 Å². The van der Waals surface area contributed by atoms with Gasteiger partial charge in [0.1, 0.15) is 5.75 Å². The Labute approximate surface area is 97.6 Å². The van der Waals surface area contributed by atoms with Crippen molar-refractivity contribution in [2.75, 3.05) is 7.11 Å². The van der Waals surface area contributed by atoms with Crippen LogP contribution in [0.3, 0.4) is 0 Å². The van der Waals surface area contributed by atoms with Gasteiger partial charge in [-0.25, -0.2) is 0 Å². The minimum atomic E-state index is -2.20. The van der Waals surface area contributed by atoms with E-state index in [1.54, 1.807) is 0 Å². The van der Waals surface area contributed by atoms with E-state index in [0.29, 0.717) is 12.8 Å². The molecule has 0 saturated carbocycles. The molecule has 1 atom stereocenters. The fraction of sp³-hybridized carbons (Fsp3) is 0.500. The van der Waals surface area contributed by atoms with Crippen LogP contribution in [0.4, 0.5) is 0 Å². The van der Waals surface area contributed by atoms with Gasteiger partial charge in [0.25, 0.3) is 0 Å². The number of ether oxygens (including phenoxy) is 1. The molecule has 0 aromatic heterocycles. The maximum Gasteiger partial charge on any atom is 0.233 e. The second kappa shape index (κ2) is 6.07. The molecule has 1 rings (SSSR count). The molecule has 0 radical (unpaired) electrons. The molecule has 0 aliphatic carbocycles. The van der Waals surface area contributed by atoms with Crippen LogP contribution in [0.15, 0.2) is 30.3 Å². The van der Waals surface area contributed by atoms with E-state index in [-0.39, 0.29) is 0 Å². The molecule has 0 N–H and O–H groups in total. The molecule has 1 aromatic rings. The number of para-hydroxylation sites is 1. The Balaban J connectivity index is 2.91. The standard InChI is InChI=1S/C12H19O3P/c1-4-12(5-2,16(13)14-3)15-11-9-7-6-8-10-11/h6-10,16H,4-5H2,1-3H3. The average molecular weight is 242 g/mol. The second-order valence-electron chi connectivity index (χ2n) is 3.61. The van der Waals surface area contributed by atoms with Crippen LogP contribution in [0, 0.1) is 0 Å². The van der Waals surface area contributed by atoms with Gasteiger partial charge in [-0.15, -0.1) is 0 Å². The summed E-state index contributed by atoms with van der Waals surface area (Å²) in [4.78, 5) is 0. The lowest BCUT2D eigenvalue weighted by molar-refractivity contribution is 0.130. The van der Waals surface area contributed by atoms with Crippen LogP contribution in [0.1, 0.15) is 26.7 Å². The van der Waals surface area contributed by atoms with Crippen LogP contribution in [0.25, 0.3) is 0 Å². The highest BCUT2D eigenvalue weighted by atomic mass is 31.1. The SMILES string of the molecule is CCC(CC)(Oc1ccccc1)[PH](=O)OC. The van der Waals surface area contributed by atoms with E-state index >= 15 is 0 Å². The third-order valence-corrected chi connectivity index (χ3v) is 4.68. The van der Waals surface area contributed by atoms with Gasteiger partial charge in [0.05, 0.1) is 0 Å². The van der Waals surface area contributed by atoms with Crippen molar-refractivity contribution in [3.8, 4) is 5.75 Å². The molecule has 16 heavy (non-hydrogen) atoms. The molecule has 4 heteroatoms. The molecule has 0 saturated heterocycles. The summed E-state index contributed by atoms with van der Waals surface area (Å²) in [5.41, 5.74) is 0. The number of rotatable bonds is 6. The van der Waals surface area contributed by atoms with Gasteiger partial charge < -0.3 is 9.26 Å². The van der Waals surface area contributed by atoms with Crippen LogP contribution in [-0.2, 0) is 9.09 Å². The Bertz CT molecular complexity index is 333. The van der Waals surface area contributed by atoms with Crippen LogP contribution in [-0.4, -0.2) is 12.5 Å². The molecule has 1 unspecified atom stereocenters. The molecule has 0 spiro atoms. The predicted molar refractivity (Wildman–Crippen MR) is 66.4 cm³/mol. The molecule has 90 valence electrons. The Morgan fingerprint density at radius 2 is 1.75 bits per heavy atom. The summed E-state index contributed by atoms with van der Waals surface area (Å²) in [6, 6.07) is 9.45. The van der Waals surface area contributed by atoms with E-state index in [0.717, 1.165) is 5.75 Å². The second-order valence-corrected chi connectivity index (χ2v) is 5.50. The number of hydrogen-bond acceptors (Lipinski definition) is 3. The summed E-state index contributed by atoms with van der Waals surface area (Å²) in [7, 11) is -0.730. The fourth-order valence-corrected chi connectivity index (χ4v) is 2.78. The van der Waals surface area contributed by atoms with Crippen molar-refractivity contribution in [3.63, 3.8) is 0 Å². The summed E-state index contributed by atoms with van der Waals surface area (Å²) < 4.78 is 22.8. The largest absolute Gasteiger partial charge is 0.477 e. The quantitative estimate of drug-likeness (QED) is 0.713. The third kappa shape index (κ3) is 2.87. The first kappa shape index (κ1) is 13.3. The van der Waals surface area contributed by atoms with E-state index in [1.807, 2.05) is 44.2 Å². The van der Waals surface area contributed by atoms with E-state index < -0.39 is 13.4 Å². The number of hydrogen-bond donors (Lipinski definition) is 0. The molecule has 0 fully saturated rings. The molecule has 0 aliphatic heterocycles. The first-order valence-corrected chi connectivity index (χ1v) is 6.82. The minimum absolute atomic E-state index is 0.671. The highest BCUT2D eigenvalue weighted by Crippen LogP contribution is 2.45. The predicted octanol–water partition coefficient (Wildman–Crippen LogP) is 3.70. The van der Waals surface area contributed by atoms with Crippen molar-refractivity contribution in [1.29, 1.82) is 0 Å². The molecule has 0 amide bonds. The number of benzene rings is 1. The van der Waals surface area contributed by atoms with E-state index in [2.05, 4.69) is 0 Å². The summed E-state index contributed by atoms with van der Waals surface area (Å²) in [6.07, 6.45) is 1.34. The zero-order valence-electron chi connectivity index (χ0n) is 10.0. The van der Waals surface area contributed by atoms with Gasteiger partial charge in [-0.3, -0.25) is 4.57 Å². The van der Waals surface area contributed by atoms with E-state index in [1.165, 1.54) is 7.11 Å². The van der Waals surface area contributed by atoms with Gasteiger partial charge in [-0.05, 0) is 25.0 Å².